The summed E-state index contributed by atoms with van der Waals surface area (Å²) in [6, 6.07) is 0. The van der Waals surface area contributed by atoms with Crippen LogP contribution in [0, 0.1) is 0 Å². The molecule has 0 aliphatic heterocycles. The van der Waals surface area contributed by atoms with Crippen LogP contribution < -0.4 is 0 Å². The molecule has 0 bridgehead atoms. The molecule has 0 unspecified atom stereocenters. The van der Waals surface area contributed by atoms with E-state index < -0.39 is 0 Å². The Labute approximate surface area is 42.9 Å². The van der Waals surface area contributed by atoms with Gasteiger partial charge in [-0.3, -0.25) is 0 Å². The van der Waals surface area contributed by atoms with Gasteiger partial charge >= 0.3 is 0 Å². The van der Waals surface area contributed by atoms with Crippen molar-refractivity contribution in [3.8, 4) is 0 Å². The van der Waals surface area contributed by atoms with Crippen molar-refractivity contribution in [1.82, 2.24) is 0 Å². The molecule has 0 fully saturated rings. The van der Waals surface area contributed by atoms with Gasteiger partial charge < -0.3 is 0 Å². The molecular weight excluding hydrogens is 120 g/mol. The summed E-state index contributed by atoms with van der Waals surface area (Å²) in [7, 11) is 0. The van der Waals surface area contributed by atoms with E-state index in [0.717, 1.165) is 5.75 Å². The van der Waals surface area contributed by atoms with Crippen molar-refractivity contribution in [2.75, 3.05) is 5.75 Å². The molecule has 0 saturated heterocycles. The van der Waals surface area contributed by atoms with E-state index in [9.17, 15) is 0 Å². The zero-order chi connectivity index (χ0) is 2.71. The minimum Gasteiger partial charge on any atom is -0.180 e. The molecule has 0 amide bonds. The van der Waals surface area contributed by atoms with Gasteiger partial charge in [-0.1, -0.05) is 6.92 Å². The van der Waals surface area contributed by atoms with Gasteiger partial charge in [-0.05, 0) is 5.75 Å². The second-order valence-electron chi connectivity index (χ2n) is 0.316. The third-order valence-electron chi connectivity index (χ3n) is 0. The average Bonchev–Trinajstić information content (AvgIpc) is 0.918. The summed E-state index contributed by atoms with van der Waals surface area (Å²) in [5, 5.41) is 0. The molecule has 0 rings (SSSR count). The van der Waals surface area contributed by atoms with Crippen molar-refractivity contribution in [2.24, 2.45) is 0 Å². The van der Waals surface area contributed by atoms with Crippen molar-refractivity contribution >= 4 is 12.6 Å². The van der Waals surface area contributed by atoms with Gasteiger partial charge in [0.1, 0.15) is 0 Å². The van der Waals surface area contributed by atoms with Crippen LogP contribution >= 0.6 is 12.6 Å². The monoisotopic (exact) mass is 125 g/mol. The molecule has 0 spiro atoms. The van der Waals surface area contributed by atoms with Gasteiger partial charge in [-0.15, -0.1) is 0 Å². The summed E-state index contributed by atoms with van der Waals surface area (Å²) in [6.07, 6.45) is 0. The summed E-state index contributed by atoms with van der Waals surface area (Å²) in [6.45, 7) is 1.99. The first kappa shape index (κ1) is 8.85. The topological polar surface area (TPSA) is 0 Å². The van der Waals surface area contributed by atoms with Crippen molar-refractivity contribution in [3.63, 3.8) is 0 Å². The van der Waals surface area contributed by atoms with Crippen LogP contribution in [0.4, 0.5) is 0 Å². The van der Waals surface area contributed by atoms with Crippen LogP contribution in [0.2, 0.25) is 0 Å². The van der Waals surface area contributed by atoms with Gasteiger partial charge in [-0.2, -0.15) is 12.6 Å². The van der Waals surface area contributed by atoms with Gasteiger partial charge in [0.15, 0.2) is 0 Å². The van der Waals surface area contributed by atoms with Crippen LogP contribution in [0.5, 0.6) is 0 Å². The third-order valence-corrected chi connectivity index (χ3v) is 0. The fraction of sp³-hybridized carbons (Fsp3) is 1.00. The fourth-order valence-corrected chi connectivity index (χ4v) is 0. The summed E-state index contributed by atoms with van der Waals surface area (Å²) in [5.41, 5.74) is 0. The van der Waals surface area contributed by atoms with Crippen molar-refractivity contribution in [2.45, 2.75) is 6.92 Å². The van der Waals surface area contributed by atoms with E-state index in [4.69, 9.17) is 0 Å². The Bertz CT molecular complexity index is 6.00. The van der Waals surface area contributed by atoms with Crippen LogP contribution in [0.15, 0.2) is 0 Å². The van der Waals surface area contributed by atoms with E-state index >= 15 is 0 Å². The average molecular weight is 126 g/mol. The second kappa shape index (κ2) is 9.12. The predicted octanol–water partition coefficient (Wildman–Crippen LogP) is 0.934. The second-order valence-corrected chi connectivity index (χ2v) is 0.949. The molecule has 0 aliphatic rings. The van der Waals surface area contributed by atoms with Crippen molar-refractivity contribution in [1.29, 1.82) is 0 Å². The van der Waals surface area contributed by atoms with Crippen LogP contribution in [-0.2, 0) is 17.1 Å². The van der Waals surface area contributed by atoms with Gasteiger partial charge in [0, 0.05) is 17.1 Å². The molecule has 0 heterocycles. The Morgan fingerprint density at radius 2 is 1.75 bits per heavy atom. The van der Waals surface area contributed by atoms with E-state index in [1.165, 1.54) is 0 Å². The van der Waals surface area contributed by atoms with Crippen LogP contribution in [0.1, 0.15) is 6.92 Å². The molecule has 0 aliphatic carbocycles. The normalized spacial score (nSPS) is 4.50. The molecule has 0 aromatic rings. The SMILES string of the molecule is CCS.[Cu]. The molecule has 31 valence electrons. The van der Waals surface area contributed by atoms with E-state index in [1.807, 2.05) is 6.92 Å². The molecule has 0 N–H and O–H groups in total. The molecule has 1 radical (unpaired) electrons. The quantitative estimate of drug-likeness (QED) is 0.362. The van der Waals surface area contributed by atoms with Gasteiger partial charge in [0.25, 0.3) is 0 Å². The minimum atomic E-state index is 0. The summed E-state index contributed by atoms with van der Waals surface area (Å²) in [4.78, 5) is 0. The number of rotatable bonds is 0. The van der Waals surface area contributed by atoms with Gasteiger partial charge in [-0.25, -0.2) is 0 Å². The van der Waals surface area contributed by atoms with Crippen molar-refractivity contribution < 1.29 is 17.1 Å². The molecular formula is C2H6CuS. The molecule has 0 aromatic carbocycles. The van der Waals surface area contributed by atoms with E-state index in [-0.39, 0.29) is 17.1 Å². The molecule has 0 nitrogen and oxygen atoms in total. The summed E-state index contributed by atoms with van der Waals surface area (Å²) < 4.78 is 0. The number of hydrogen-bond acceptors (Lipinski definition) is 1. The van der Waals surface area contributed by atoms with Crippen molar-refractivity contribution in [3.05, 3.63) is 0 Å². The first-order valence-corrected chi connectivity index (χ1v) is 1.66. The summed E-state index contributed by atoms with van der Waals surface area (Å²) >= 11 is 3.79. The number of thiol groups is 1. The Balaban J connectivity index is 0. The first-order valence-electron chi connectivity index (χ1n) is 1.02. The Morgan fingerprint density at radius 3 is 1.75 bits per heavy atom. The Hall–Kier alpha value is 0.869. The maximum Gasteiger partial charge on any atom is 0 e. The molecule has 0 aromatic heterocycles. The van der Waals surface area contributed by atoms with Gasteiger partial charge in [0.2, 0.25) is 0 Å². The third kappa shape index (κ3) is 13.3. The van der Waals surface area contributed by atoms with E-state index in [2.05, 4.69) is 12.6 Å². The standard InChI is InChI=1S/C2H6S.Cu/c1-2-3;/h3H,2H2,1H3;. The van der Waals surface area contributed by atoms with Gasteiger partial charge in [0.05, 0.1) is 0 Å². The molecule has 4 heavy (non-hydrogen) atoms. The summed E-state index contributed by atoms with van der Waals surface area (Å²) in [5.74, 6) is 0.944. The van der Waals surface area contributed by atoms with E-state index in [1.54, 1.807) is 0 Å². The van der Waals surface area contributed by atoms with Crippen LogP contribution in [0.25, 0.3) is 0 Å². The van der Waals surface area contributed by atoms with Crippen LogP contribution in [-0.4, -0.2) is 5.75 Å². The zero-order valence-electron chi connectivity index (χ0n) is 2.46. The largest absolute Gasteiger partial charge is 0.180 e. The van der Waals surface area contributed by atoms with E-state index in [0.29, 0.717) is 0 Å². The fourth-order valence-electron chi connectivity index (χ4n) is 0. The first-order chi connectivity index (χ1) is 1.41. The maximum atomic E-state index is 3.79. The Kier molecular flexibility index (Phi) is 20.2. The zero-order valence-corrected chi connectivity index (χ0v) is 4.29. The predicted molar refractivity (Wildman–Crippen MR) is 19.5 cm³/mol. The minimum absolute atomic E-state index is 0. The number of hydrogen-bond donors (Lipinski definition) is 1. The smallest absolute Gasteiger partial charge is 0 e. The molecule has 0 atom stereocenters. The van der Waals surface area contributed by atoms with Crippen LogP contribution in [0.3, 0.4) is 0 Å². The molecule has 0 saturated carbocycles. The Morgan fingerprint density at radius 1 is 1.75 bits per heavy atom. The molecule has 2 heteroatoms. The maximum absolute atomic E-state index is 3.79.